The Morgan fingerprint density at radius 1 is 1.42 bits per heavy atom. The number of nitrogens with one attached hydrogen (secondary N) is 1. The van der Waals surface area contributed by atoms with Gasteiger partial charge in [0.15, 0.2) is 0 Å². The Bertz CT molecular complexity index is 678. The smallest absolute Gasteiger partial charge is 0.395 e. The minimum absolute atomic E-state index is 0.135. The van der Waals surface area contributed by atoms with Gasteiger partial charge in [0, 0.05) is 0 Å². The van der Waals surface area contributed by atoms with Crippen LogP contribution in [0.2, 0.25) is 0 Å². The molecule has 0 bridgehead atoms. The highest BCUT2D eigenvalue weighted by molar-refractivity contribution is 7.89. The number of rotatable bonds is 3. The molecule has 0 fully saturated rings. The first kappa shape index (κ1) is 14.9. The molecular weight excluding hydrogens is 299 g/mol. The van der Waals surface area contributed by atoms with E-state index in [-0.39, 0.29) is 6.07 Å². The van der Waals surface area contributed by atoms with E-state index in [1.165, 1.54) is 4.98 Å². The van der Waals surface area contributed by atoms with E-state index in [1.807, 2.05) is 0 Å². The number of alkyl halides is 3. The van der Waals surface area contributed by atoms with Crippen molar-refractivity contribution in [1.29, 1.82) is 0 Å². The number of nitro groups is 1. The molecule has 0 unspecified atom stereocenters. The lowest BCUT2D eigenvalue weighted by atomic mass is 10.4. The van der Waals surface area contributed by atoms with E-state index in [4.69, 9.17) is 0 Å². The van der Waals surface area contributed by atoms with Gasteiger partial charge in [-0.3, -0.25) is 14.9 Å². The van der Waals surface area contributed by atoms with Crippen molar-refractivity contribution in [2.75, 3.05) is 0 Å². The normalized spacial score (nSPS) is 12.2. The van der Waals surface area contributed by atoms with Gasteiger partial charge in [0.1, 0.15) is 0 Å². The van der Waals surface area contributed by atoms with Gasteiger partial charge in [-0.05, 0) is 0 Å². The summed E-state index contributed by atoms with van der Waals surface area (Å²) in [5.41, 5.74) is -2.81. The van der Waals surface area contributed by atoms with Crippen LogP contribution in [0.5, 0.6) is 5.75 Å². The molecule has 3 N–H and O–H groups in total. The molecule has 9 nitrogen and oxygen atoms in total. The van der Waals surface area contributed by atoms with Crippen LogP contribution in [0, 0.1) is 10.1 Å². The van der Waals surface area contributed by atoms with Crippen LogP contribution >= 0.6 is 0 Å². The highest BCUT2D eigenvalue weighted by Gasteiger charge is 2.38. The van der Waals surface area contributed by atoms with Crippen molar-refractivity contribution < 1.29 is 31.2 Å². The molecule has 1 aromatic heterocycles. The molecule has 19 heavy (non-hydrogen) atoms. The SMILES string of the molecule is NS(=O)(=O)c1[nH]c(=O)cc([N+](=O)[O-])c1OC(F)(F)F. The number of aromatic nitrogens is 1. The van der Waals surface area contributed by atoms with Crippen molar-refractivity contribution >= 4 is 15.7 Å². The molecule has 0 aliphatic carbocycles. The third kappa shape index (κ3) is 3.65. The van der Waals surface area contributed by atoms with E-state index in [0.29, 0.717) is 0 Å². The summed E-state index contributed by atoms with van der Waals surface area (Å²) in [7, 11) is -4.87. The van der Waals surface area contributed by atoms with Crippen LogP contribution in [0.25, 0.3) is 0 Å². The van der Waals surface area contributed by atoms with E-state index in [1.54, 1.807) is 0 Å². The molecular formula is C6H4F3N3O6S. The predicted molar refractivity (Wildman–Crippen MR) is 51.8 cm³/mol. The molecule has 0 saturated heterocycles. The molecule has 0 aliphatic rings. The van der Waals surface area contributed by atoms with Gasteiger partial charge in [-0.1, -0.05) is 0 Å². The number of ether oxygens (including phenoxy) is 1. The van der Waals surface area contributed by atoms with E-state index in [2.05, 4.69) is 9.88 Å². The van der Waals surface area contributed by atoms with Crippen LogP contribution in [-0.4, -0.2) is 24.7 Å². The number of halogens is 3. The lowest BCUT2D eigenvalue weighted by molar-refractivity contribution is -0.389. The molecule has 106 valence electrons. The second kappa shape index (κ2) is 4.51. The van der Waals surface area contributed by atoms with Gasteiger partial charge in [0.25, 0.3) is 15.6 Å². The number of nitrogens with two attached hydrogens (primary N) is 1. The lowest BCUT2D eigenvalue weighted by Crippen LogP contribution is -2.25. The minimum atomic E-state index is -5.41. The fourth-order valence-corrected chi connectivity index (χ4v) is 1.71. The minimum Gasteiger partial charge on any atom is -0.395 e. The summed E-state index contributed by atoms with van der Waals surface area (Å²) in [5.74, 6) is -1.71. The third-order valence-corrected chi connectivity index (χ3v) is 2.50. The Kier molecular flexibility index (Phi) is 3.54. The van der Waals surface area contributed by atoms with Gasteiger partial charge in [0.2, 0.25) is 10.8 Å². The van der Waals surface area contributed by atoms with Crippen LogP contribution < -0.4 is 15.4 Å². The zero-order valence-electron chi connectivity index (χ0n) is 8.59. The fourth-order valence-electron chi connectivity index (χ4n) is 1.06. The first-order valence-corrected chi connectivity index (χ1v) is 5.66. The van der Waals surface area contributed by atoms with E-state index in [9.17, 15) is 36.5 Å². The summed E-state index contributed by atoms with van der Waals surface area (Å²) in [6.07, 6.45) is -5.41. The number of pyridine rings is 1. The Hall–Kier alpha value is -2.15. The molecule has 0 radical (unpaired) electrons. The first-order valence-electron chi connectivity index (χ1n) is 4.12. The van der Waals surface area contributed by atoms with E-state index >= 15 is 0 Å². The molecule has 0 spiro atoms. The zero-order chi connectivity index (χ0) is 15.0. The Labute approximate surface area is 102 Å². The summed E-state index contributed by atoms with van der Waals surface area (Å²) in [6.45, 7) is 0. The van der Waals surface area contributed by atoms with Gasteiger partial charge in [-0.25, -0.2) is 13.6 Å². The van der Waals surface area contributed by atoms with Crippen molar-refractivity contribution in [3.05, 3.63) is 26.5 Å². The Balaban J connectivity index is 3.72. The van der Waals surface area contributed by atoms with Gasteiger partial charge in [-0.2, -0.15) is 0 Å². The Morgan fingerprint density at radius 2 is 1.95 bits per heavy atom. The molecule has 1 rings (SSSR count). The van der Waals surface area contributed by atoms with E-state index < -0.39 is 43.3 Å². The largest absolute Gasteiger partial charge is 0.573 e. The number of H-pyrrole nitrogens is 1. The number of aromatic amines is 1. The maximum atomic E-state index is 12.1. The quantitative estimate of drug-likeness (QED) is 0.585. The number of sulfonamides is 1. The van der Waals surface area contributed by atoms with Crippen molar-refractivity contribution in [1.82, 2.24) is 4.98 Å². The van der Waals surface area contributed by atoms with Crippen LogP contribution in [0.1, 0.15) is 0 Å². The first-order chi connectivity index (χ1) is 8.42. The molecule has 13 heteroatoms. The van der Waals surface area contributed by atoms with Crippen molar-refractivity contribution in [2.24, 2.45) is 5.14 Å². The second-order valence-electron chi connectivity index (χ2n) is 3.03. The zero-order valence-corrected chi connectivity index (χ0v) is 9.41. The summed E-state index contributed by atoms with van der Waals surface area (Å²) in [5, 5.41) is 13.5. The van der Waals surface area contributed by atoms with Crippen LogP contribution in [-0.2, 0) is 10.0 Å². The monoisotopic (exact) mass is 303 g/mol. The third-order valence-electron chi connectivity index (χ3n) is 1.64. The van der Waals surface area contributed by atoms with E-state index in [0.717, 1.165) is 0 Å². The summed E-state index contributed by atoms with van der Waals surface area (Å²) in [6, 6.07) is 0.135. The van der Waals surface area contributed by atoms with Crippen LogP contribution in [0.15, 0.2) is 15.9 Å². The maximum Gasteiger partial charge on any atom is 0.573 e. The second-order valence-corrected chi connectivity index (χ2v) is 4.53. The standard InChI is InChI=1S/C6H4F3N3O6S/c7-6(8,9)18-4-2(12(14)15)1-3(13)11-5(4)19(10,16)17/h1H,(H,11,13)(H2,10,16,17). The van der Waals surface area contributed by atoms with Gasteiger partial charge < -0.3 is 9.72 Å². The highest BCUT2D eigenvalue weighted by Crippen LogP contribution is 2.34. The van der Waals surface area contributed by atoms with Gasteiger partial charge in [0.05, 0.1) is 11.0 Å². The number of hydrogen-bond donors (Lipinski definition) is 2. The molecule has 0 amide bonds. The summed E-state index contributed by atoms with van der Waals surface area (Å²) < 4.78 is 61.5. The molecule has 0 atom stereocenters. The fraction of sp³-hybridized carbons (Fsp3) is 0.167. The maximum absolute atomic E-state index is 12.1. The average molecular weight is 303 g/mol. The summed E-state index contributed by atoms with van der Waals surface area (Å²) >= 11 is 0. The summed E-state index contributed by atoms with van der Waals surface area (Å²) in [4.78, 5) is 21.5. The predicted octanol–water partition coefficient (Wildman–Crippen LogP) is -0.171. The molecule has 0 saturated carbocycles. The lowest BCUT2D eigenvalue weighted by Gasteiger charge is -2.11. The number of nitrogens with zero attached hydrogens (tertiary/aromatic N) is 1. The van der Waals surface area contributed by atoms with Gasteiger partial charge in [-0.15, -0.1) is 13.2 Å². The topological polar surface area (TPSA) is 145 Å². The molecule has 1 heterocycles. The molecule has 0 aromatic carbocycles. The number of primary sulfonamides is 1. The average Bonchev–Trinajstić information content (AvgIpc) is 2.16. The number of hydrogen-bond acceptors (Lipinski definition) is 6. The Morgan fingerprint density at radius 3 is 2.32 bits per heavy atom. The van der Waals surface area contributed by atoms with Crippen LogP contribution in [0.4, 0.5) is 18.9 Å². The van der Waals surface area contributed by atoms with Crippen molar-refractivity contribution in [3.63, 3.8) is 0 Å². The molecule has 0 aliphatic heterocycles. The van der Waals surface area contributed by atoms with Crippen molar-refractivity contribution in [3.8, 4) is 5.75 Å². The van der Waals surface area contributed by atoms with Crippen molar-refractivity contribution in [2.45, 2.75) is 11.4 Å². The van der Waals surface area contributed by atoms with Gasteiger partial charge >= 0.3 is 12.0 Å². The molecule has 1 aromatic rings. The van der Waals surface area contributed by atoms with Crippen LogP contribution in [0.3, 0.4) is 0 Å². The highest BCUT2D eigenvalue weighted by atomic mass is 32.2.